The third kappa shape index (κ3) is 3.46. The Morgan fingerprint density at radius 2 is 2.07 bits per heavy atom. The number of pyridine rings is 1. The molecule has 0 radical (unpaired) electrons. The second kappa shape index (κ2) is 5.64. The average molecular weight is 205 g/mol. The van der Waals surface area contributed by atoms with Gasteiger partial charge in [0.2, 0.25) is 0 Å². The van der Waals surface area contributed by atoms with Gasteiger partial charge < -0.3 is 0 Å². The fourth-order valence-electron chi connectivity index (χ4n) is 1.61. The van der Waals surface area contributed by atoms with Crippen LogP contribution in [0.25, 0.3) is 0 Å². The van der Waals surface area contributed by atoms with E-state index >= 15 is 0 Å². The molecule has 82 valence electrons. The maximum absolute atomic E-state index is 11.5. The van der Waals surface area contributed by atoms with Gasteiger partial charge in [-0.15, -0.1) is 0 Å². The molecule has 0 amide bonds. The van der Waals surface area contributed by atoms with E-state index in [1.165, 1.54) is 0 Å². The summed E-state index contributed by atoms with van der Waals surface area (Å²) in [5.41, 5.74) is 3.17. The van der Waals surface area contributed by atoms with Crippen LogP contribution < -0.4 is 0 Å². The molecule has 1 heterocycles. The average Bonchev–Trinajstić information content (AvgIpc) is 2.21. The van der Waals surface area contributed by atoms with E-state index in [1.54, 1.807) is 0 Å². The number of aryl methyl sites for hydroxylation is 2. The summed E-state index contributed by atoms with van der Waals surface area (Å²) in [7, 11) is 0. The zero-order valence-corrected chi connectivity index (χ0v) is 9.84. The highest BCUT2D eigenvalue weighted by atomic mass is 16.1. The maximum Gasteiger partial charge on any atom is 0.137 e. The lowest BCUT2D eigenvalue weighted by Crippen LogP contribution is -2.05. The van der Waals surface area contributed by atoms with Gasteiger partial charge in [0.15, 0.2) is 0 Å². The van der Waals surface area contributed by atoms with Crippen LogP contribution in [0.1, 0.15) is 43.6 Å². The Hall–Kier alpha value is -1.18. The zero-order valence-electron chi connectivity index (χ0n) is 9.84. The fraction of sp³-hybridized carbons (Fsp3) is 0.538. The van der Waals surface area contributed by atoms with Crippen LogP contribution in [-0.4, -0.2) is 10.8 Å². The zero-order chi connectivity index (χ0) is 11.3. The first-order valence-electron chi connectivity index (χ1n) is 5.64. The van der Waals surface area contributed by atoms with Crippen molar-refractivity contribution in [3.05, 3.63) is 29.1 Å². The maximum atomic E-state index is 11.5. The second-order valence-corrected chi connectivity index (χ2v) is 3.87. The largest absolute Gasteiger partial charge is 0.299 e. The highest BCUT2D eigenvalue weighted by Gasteiger charge is 2.06. The van der Waals surface area contributed by atoms with E-state index in [-0.39, 0.29) is 0 Å². The molecule has 2 nitrogen and oxygen atoms in total. The molecule has 1 aromatic heterocycles. The van der Waals surface area contributed by atoms with Gasteiger partial charge in [0.25, 0.3) is 0 Å². The molecule has 0 saturated heterocycles. The summed E-state index contributed by atoms with van der Waals surface area (Å²) in [4.78, 5) is 15.9. The number of hydrogen-bond acceptors (Lipinski definition) is 2. The van der Waals surface area contributed by atoms with Crippen molar-refractivity contribution in [2.75, 3.05) is 0 Å². The standard InChI is InChI=1S/C13H19NO/c1-4-6-13(15)9-11-7-8-12(5-2)14-10(11)3/h7-8H,4-6,9H2,1-3H3. The van der Waals surface area contributed by atoms with Crippen LogP contribution in [0.4, 0.5) is 0 Å². The number of rotatable bonds is 5. The number of carbonyl (C=O) groups is 1. The van der Waals surface area contributed by atoms with E-state index < -0.39 is 0 Å². The van der Waals surface area contributed by atoms with Gasteiger partial charge in [-0.2, -0.15) is 0 Å². The van der Waals surface area contributed by atoms with E-state index in [0.29, 0.717) is 18.6 Å². The minimum atomic E-state index is 0.312. The van der Waals surface area contributed by atoms with Crippen molar-refractivity contribution in [1.82, 2.24) is 4.98 Å². The van der Waals surface area contributed by atoms with Crippen molar-refractivity contribution in [3.63, 3.8) is 0 Å². The lowest BCUT2D eigenvalue weighted by Gasteiger charge is -2.05. The van der Waals surface area contributed by atoms with E-state index in [4.69, 9.17) is 0 Å². The first kappa shape index (κ1) is 11.9. The van der Waals surface area contributed by atoms with E-state index in [2.05, 4.69) is 11.9 Å². The molecule has 0 unspecified atom stereocenters. The number of nitrogens with zero attached hydrogens (tertiary/aromatic N) is 1. The minimum absolute atomic E-state index is 0.312. The van der Waals surface area contributed by atoms with Crippen LogP contribution in [0.3, 0.4) is 0 Å². The Balaban J connectivity index is 2.73. The predicted molar refractivity (Wildman–Crippen MR) is 62.0 cm³/mol. The number of hydrogen-bond donors (Lipinski definition) is 0. The normalized spacial score (nSPS) is 10.3. The predicted octanol–water partition coefficient (Wildman–Crippen LogP) is 2.86. The van der Waals surface area contributed by atoms with E-state index in [0.717, 1.165) is 29.8 Å². The van der Waals surface area contributed by atoms with Crippen LogP contribution in [0.2, 0.25) is 0 Å². The van der Waals surface area contributed by atoms with Gasteiger partial charge in [-0.1, -0.05) is 19.9 Å². The van der Waals surface area contributed by atoms with Crippen LogP contribution in [0, 0.1) is 6.92 Å². The molecule has 2 heteroatoms. The Morgan fingerprint density at radius 1 is 1.33 bits per heavy atom. The Kier molecular flexibility index (Phi) is 4.47. The monoisotopic (exact) mass is 205 g/mol. The second-order valence-electron chi connectivity index (χ2n) is 3.87. The van der Waals surface area contributed by atoms with Gasteiger partial charge in [0, 0.05) is 24.2 Å². The van der Waals surface area contributed by atoms with Crippen LogP contribution >= 0.6 is 0 Å². The highest BCUT2D eigenvalue weighted by molar-refractivity contribution is 5.80. The van der Waals surface area contributed by atoms with Crippen molar-refractivity contribution < 1.29 is 4.79 Å². The molecule has 0 aromatic carbocycles. The highest BCUT2D eigenvalue weighted by Crippen LogP contribution is 2.10. The molecule has 0 saturated carbocycles. The van der Waals surface area contributed by atoms with Gasteiger partial charge >= 0.3 is 0 Å². The molecule has 0 atom stereocenters. The summed E-state index contributed by atoms with van der Waals surface area (Å²) in [6.07, 6.45) is 3.09. The lowest BCUT2D eigenvalue weighted by atomic mass is 10.0. The molecular weight excluding hydrogens is 186 g/mol. The third-order valence-corrected chi connectivity index (χ3v) is 2.53. The quantitative estimate of drug-likeness (QED) is 0.739. The van der Waals surface area contributed by atoms with Crippen molar-refractivity contribution in [2.45, 2.75) is 46.5 Å². The topological polar surface area (TPSA) is 30.0 Å². The van der Waals surface area contributed by atoms with Crippen molar-refractivity contribution >= 4 is 5.78 Å². The molecule has 15 heavy (non-hydrogen) atoms. The SMILES string of the molecule is CCCC(=O)Cc1ccc(CC)nc1C. The van der Waals surface area contributed by atoms with Crippen molar-refractivity contribution in [2.24, 2.45) is 0 Å². The third-order valence-electron chi connectivity index (χ3n) is 2.53. The van der Waals surface area contributed by atoms with Gasteiger partial charge in [0.05, 0.1) is 0 Å². The fourth-order valence-corrected chi connectivity index (χ4v) is 1.61. The number of Topliss-reactive ketones (excluding diaryl/α,β-unsaturated/α-hetero) is 1. The summed E-state index contributed by atoms with van der Waals surface area (Å²) in [5, 5.41) is 0. The van der Waals surface area contributed by atoms with Crippen molar-refractivity contribution in [1.29, 1.82) is 0 Å². The first-order chi connectivity index (χ1) is 7.17. The molecule has 0 aliphatic heterocycles. The molecule has 0 aliphatic rings. The summed E-state index contributed by atoms with van der Waals surface area (Å²) < 4.78 is 0. The molecule has 0 spiro atoms. The molecule has 0 fully saturated rings. The molecule has 1 aromatic rings. The number of ketones is 1. The minimum Gasteiger partial charge on any atom is -0.299 e. The summed E-state index contributed by atoms with van der Waals surface area (Å²) in [6.45, 7) is 6.10. The number of aromatic nitrogens is 1. The lowest BCUT2D eigenvalue weighted by molar-refractivity contribution is -0.118. The van der Waals surface area contributed by atoms with E-state index in [9.17, 15) is 4.79 Å². The van der Waals surface area contributed by atoms with Crippen LogP contribution in [0.15, 0.2) is 12.1 Å². The summed E-state index contributed by atoms with van der Waals surface area (Å²) in [6, 6.07) is 4.05. The summed E-state index contributed by atoms with van der Waals surface area (Å²) >= 11 is 0. The summed E-state index contributed by atoms with van der Waals surface area (Å²) in [5.74, 6) is 0.312. The van der Waals surface area contributed by atoms with Gasteiger partial charge in [-0.25, -0.2) is 0 Å². The molecule has 1 rings (SSSR count). The molecular formula is C13H19NO. The smallest absolute Gasteiger partial charge is 0.137 e. The van der Waals surface area contributed by atoms with Crippen LogP contribution in [0.5, 0.6) is 0 Å². The van der Waals surface area contributed by atoms with E-state index in [1.807, 2.05) is 26.0 Å². The first-order valence-corrected chi connectivity index (χ1v) is 5.64. The molecule has 0 aliphatic carbocycles. The van der Waals surface area contributed by atoms with Crippen LogP contribution in [-0.2, 0) is 17.6 Å². The van der Waals surface area contributed by atoms with Gasteiger partial charge in [-0.3, -0.25) is 9.78 Å². The Labute approximate surface area is 91.7 Å². The molecule has 0 N–H and O–H groups in total. The molecule has 0 bridgehead atoms. The van der Waals surface area contributed by atoms with Gasteiger partial charge in [0.1, 0.15) is 5.78 Å². The van der Waals surface area contributed by atoms with Crippen molar-refractivity contribution in [3.8, 4) is 0 Å². The number of carbonyl (C=O) groups excluding carboxylic acids is 1. The Bertz CT molecular complexity index is 344. The Morgan fingerprint density at radius 3 is 2.60 bits per heavy atom. The van der Waals surface area contributed by atoms with Gasteiger partial charge in [-0.05, 0) is 31.4 Å².